The summed E-state index contributed by atoms with van der Waals surface area (Å²) in [7, 11) is 0. The van der Waals surface area contributed by atoms with Gasteiger partial charge in [0.1, 0.15) is 12.4 Å². The lowest BCUT2D eigenvalue weighted by Crippen LogP contribution is -2.27. The molecule has 6 nitrogen and oxygen atoms in total. The Hall–Kier alpha value is -2.38. The zero-order chi connectivity index (χ0) is 18.9. The molecule has 138 valence electrons. The quantitative estimate of drug-likeness (QED) is 0.619. The molecule has 0 unspecified atom stereocenters. The van der Waals surface area contributed by atoms with Crippen LogP contribution < -0.4 is 20.5 Å². The number of hydrogen-bond donors (Lipinski definition) is 3. The number of H-pyrrole nitrogens is 2. The molecule has 2 heterocycles. The van der Waals surface area contributed by atoms with E-state index in [9.17, 15) is 9.90 Å². The van der Waals surface area contributed by atoms with E-state index in [0.717, 1.165) is 16.5 Å². The van der Waals surface area contributed by atoms with Crippen LogP contribution in [0.4, 0.5) is 5.13 Å². The highest BCUT2D eigenvalue weighted by atomic mass is 32.1. The van der Waals surface area contributed by atoms with E-state index in [0.29, 0.717) is 22.7 Å². The van der Waals surface area contributed by atoms with Gasteiger partial charge < -0.3 is 14.8 Å². The van der Waals surface area contributed by atoms with Crippen molar-refractivity contribution < 1.29 is 14.8 Å². The third-order valence-electron chi connectivity index (χ3n) is 3.65. The number of nitrogens with one attached hydrogen (secondary N) is 3. The predicted octanol–water partition coefficient (Wildman–Crippen LogP) is 3.04. The first kappa shape index (κ1) is 18.4. The Morgan fingerprint density at radius 2 is 2.12 bits per heavy atom. The molecule has 0 spiro atoms. The monoisotopic (exact) mass is 374 g/mol. The summed E-state index contributed by atoms with van der Waals surface area (Å²) in [4.78, 5) is 19.0. The number of ether oxygens (including phenoxy) is 1. The lowest BCUT2D eigenvalue weighted by molar-refractivity contribution is -0.341. The van der Waals surface area contributed by atoms with Gasteiger partial charge in [-0.1, -0.05) is 11.3 Å². The highest BCUT2D eigenvalue weighted by Crippen LogP contribution is 2.23. The van der Waals surface area contributed by atoms with Crippen LogP contribution in [0.15, 0.2) is 34.4 Å². The zero-order valence-electron chi connectivity index (χ0n) is 15.3. The molecule has 0 aliphatic carbocycles. The summed E-state index contributed by atoms with van der Waals surface area (Å²) in [6.07, 6.45) is 0. The lowest BCUT2D eigenvalue weighted by Gasteiger charge is -2.17. The number of anilines is 1. The van der Waals surface area contributed by atoms with E-state index in [1.807, 2.05) is 5.38 Å². The van der Waals surface area contributed by atoms with Crippen molar-refractivity contribution in [3.8, 4) is 17.1 Å². The van der Waals surface area contributed by atoms with Crippen LogP contribution in [0.5, 0.6) is 5.75 Å². The molecular weight excluding hydrogens is 350 g/mol. The van der Waals surface area contributed by atoms with Crippen molar-refractivity contribution >= 4 is 27.4 Å². The molecule has 26 heavy (non-hydrogen) atoms. The Morgan fingerprint density at radius 3 is 2.81 bits per heavy atom. The minimum Gasteiger partial charge on any atom is -0.491 e. The number of aliphatic hydroxyl groups is 1. The standard InChI is InChI=1S/C19H23N3O3S/c1-11(2)20-18-22-16(9-26-18)15-8-17(23)13-6-5-12(7-14(13)21-15)25-10-19(3,4)24/h5-9,11,24H,10H2,1-4H3,(H,20,22)(H,21,23)/p+1. The summed E-state index contributed by atoms with van der Waals surface area (Å²) in [5, 5.41) is 16.6. The minimum absolute atomic E-state index is 0.0549. The molecule has 4 N–H and O–H groups in total. The fraction of sp³-hybridized carbons (Fsp3) is 0.368. The van der Waals surface area contributed by atoms with Crippen LogP contribution in [-0.2, 0) is 0 Å². The number of pyridine rings is 1. The second-order valence-electron chi connectivity index (χ2n) is 7.26. The summed E-state index contributed by atoms with van der Waals surface area (Å²) in [6, 6.07) is 7.18. The summed E-state index contributed by atoms with van der Waals surface area (Å²) < 4.78 is 5.62. The number of thiazole rings is 1. The van der Waals surface area contributed by atoms with Gasteiger partial charge in [0.25, 0.3) is 0 Å². The molecule has 0 saturated heterocycles. The zero-order valence-corrected chi connectivity index (χ0v) is 16.2. The van der Waals surface area contributed by atoms with E-state index in [2.05, 4.69) is 29.1 Å². The Morgan fingerprint density at radius 1 is 1.35 bits per heavy atom. The molecule has 3 aromatic rings. The molecule has 0 bridgehead atoms. The van der Waals surface area contributed by atoms with Crippen LogP contribution in [0.1, 0.15) is 27.7 Å². The fourth-order valence-corrected chi connectivity index (χ4v) is 3.38. The fourth-order valence-electron chi connectivity index (χ4n) is 2.49. The van der Waals surface area contributed by atoms with Crippen molar-refractivity contribution in [1.82, 2.24) is 4.98 Å². The van der Waals surface area contributed by atoms with Gasteiger partial charge in [0.2, 0.25) is 0 Å². The normalized spacial score (nSPS) is 11.9. The molecule has 0 aliphatic heterocycles. The number of aromatic amines is 2. The first-order valence-corrected chi connectivity index (χ1v) is 9.39. The Bertz CT molecular complexity index is 970. The van der Waals surface area contributed by atoms with Crippen LogP contribution in [0.25, 0.3) is 22.3 Å². The lowest BCUT2D eigenvalue weighted by atomic mass is 10.1. The highest BCUT2D eigenvalue weighted by Gasteiger charge is 2.15. The maximum Gasteiger partial charge on any atom is 0.332 e. The SMILES string of the molecule is CC(C)Nc1[nH+]c(-c2cc(=O)c3ccc(OCC(C)(C)O)cc3[nH]2)cs1. The van der Waals surface area contributed by atoms with E-state index >= 15 is 0 Å². The second kappa shape index (κ2) is 7.09. The van der Waals surface area contributed by atoms with Gasteiger partial charge >= 0.3 is 5.13 Å². The van der Waals surface area contributed by atoms with E-state index in [1.54, 1.807) is 49.4 Å². The average Bonchev–Trinajstić information content (AvgIpc) is 2.99. The van der Waals surface area contributed by atoms with Crippen molar-refractivity contribution in [3.05, 3.63) is 39.9 Å². The van der Waals surface area contributed by atoms with Gasteiger partial charge in [0.05, 0.1) is 22.9 Å². The second-order valence-corrected chi connectivity index (χ2v) is 8.14. The van der Waals surface area contributed by atoms with Crippen molar-refractivity contribution in [2.75, 3.05) is 11.9 Å². The first-order chi connectivity index (χ1) is 12.2. The summed E-state index contributed by atoms with van der Waals surface area (Å²) in [5.41, 5.74) is 1.28. The minimum atomic E-state index is -0.921. The molecule has 3 rings (SSSR count). The smallest absolute Gasteiger partial charge is 0.332 e. The third-order valence-corrected chi connectivity index (χ3v) is 4.46. The van der Waals surface area contributed by atoms with Crippen molar-refractivity contribution in [3.63, 3.8) is 0 Å². The molecule has 7 heteroatoms. The maximum absolute atomic E-state index is 12.5. The molecule has 0 atom stereocenters. The number of fused-ring (bicyclic) bond motifs is 1. The van der Waals surface area contributed by atoms with Crippen LogP contribution in [0.3, 0.4) is 0 Å². The van der Waals surface area contributed by atoms with Gasteiger partial charge in [-0.3, -0.25) is 10.1 Å². The third kappa shape index (κ3) is 4.42. The number of benzene rings is 1. The largest absolute Gasteiger partial charge is 0.491 e. The van der Waals surface area contributed by atoms with Gasteiger partial charge in [-0.05, 0) is 39.8 Å². The predicted molar refractivity (Wildman–Crippen MR) is 105 cm³/mol. The van der Waals surface area contributed by atoms with Gasteiger partial charge in [0, 0.05) is 22.9 Å². The van der Waals surface area contributed by atoms with Crippen LogP contribution in [0, 0.1) is 0 Å². The van der Waals surface area contributed by atoms with Gasteiger partial charge in [0.15, 0.2) is 11.1 Å². The van der Waals surface area contributed by atoms with Crippen LogP contribution in [0.2, 0.25) is 0 Å². The van der Waals surface area contributed by atoms with Gasteiger partial charge in [-0.2, -0.15) is 0 Å². The van der Waals surface area contributed by atoms with Crippen molar-refractivity contribution in [1.29, 1.82) is 0 Å². The van der Waals surface area contributed by atoms with Crippen molar-refractivity contribution in [2.24, 2.45) is 0 Å². The highest BCUT2D eigenvalue weighted by molar-refractivity contribution is 7.13. The van der Waals surface area contributed by atoms with Crippen LogP contribution in [-0.4, -0.2) is 28.3 Å². The van der Waals surface area contributed by atoms with E-state index in [4.69, 9.17) is 4.74 Å². The average molecular weight is 374 g/mol. The summed E-state index contributed by atoms with van der Waals surface area (Å²) >= 11 is 1.56. The Labute approximate surface area is 155 Å². The van der Waals surface area contributed by atoms with Gasteiger partial charge in [-0.15, -0.1) is 0 Å². The van der Waals surface area contributed by atoms with E-state index in [-0.39, 0.29) is 12.0 Å². The number of hydrogen-bond acceptors (Lipinski definition) is 5. The van der Waals surface area contributed by atoms with Crippen LogP contribution >= 0.6 is 11.3 Å². The summed E-state index contributed by atoms with van der Waals surface area (Å²) in [5.74, 6) is 0.601. The molecule has 0 amide bonds. The number of rotatable bonds is 6. The van der Waals surface area contributed by atoms with Gasteiger partial charge in [-0.25, -0.2) is 4.98 Å². The first-order valence-electron chi connectivity index (χ1n) is 8.51. The molecule has 2 aromatic heterocycles. The summed E-state index contributed by atoms with van der Waals surface area (Å²) in [6.45, 7) is 7.68. The van der Waals surface area contributed by atoms with Crippen molar-refractivity contribution in [2.45, 2.75) is 39.3 Å². The topological polar surface area (TPSA) is 88.5 Å². The van der Waals surface area contributed by atoms with E-state index < -0.39 is 5.60 Å². The molecule has 0 radical (unpaired) electrons. The molecule has 0 fully saturated rings. The Kier molecular flexibility index (Phi) is 5.02. The number of aromatic nitrogens is 2. The van der Waals surface area contributed by atoms with E-state index in [1.165, 1.54) is 0 Å². The molecule has 1 aromatic carbocycles. The maximum atomic E-state index is 12.5. The Balaban J connectivity index is 1.94. The molecule has 0 saturated carbocycles. The molecule has 0 aliphatic rings. The molecular formula is C19H24N3O3S+.